The SMILES string of the molecule is Cc1nc(-c2ccc(N=S(C)(=O)c3ccc(F)c(F)c3)cc2)no1. The predicted octanol–water partition coefficient (Wildman–Crippen LogP) is 4.11. The predicted molar refractivity (Wildman–Crippen MR) is 85.2 cm³/mol. The van der Waals surface area contributed by atoms with E-state index in [1.807, 2.05) is 0 Å². The van der Waals surface area contributed by atoms with Crippen molar-refractivity contribution >= 4 is 15.4 Å². The molecular weight excluding hydrogens is 336 g/mol. The Bertz CT molecular complexity index is 1010. The molecular formula is C16H13F2N3O2S. The third kappa shape index (κ3) is 3.33. The van der Waals surface area contributed by atoms with Crippen LogP contribution in [-0.4, -0.2) is 20.6 Å². The summed E-state index contributed by atoms with van der Waals surface area (Å²) in [6, 6.07) is 9.81. The van der Waals surface area contributed by atoms with Crippen LogP contribution in [-0.2, 0) is 9.73 Å². The van der Waals surface area contributed by atoms with Gasteiger partial charge in [-0.3, -0.25) is 0 Å². The van der Waals surface area contributed by atoms with E-state index < -0.39 is 21.4 Å². The van der Waals surface area contributed by atoms with Crippen LogP contribution in [0.5, 0.6) is 0 Å². The van der Waals surface area contributed by atoms with Gasteiger partial charge in [-0.25, -0.2) is 13.0 Å². The number of rotatable bonds is 3. The van der Waals surface area contributed by atoms with Crippen LogP contribution in [0, 0.1) is 18.6 Å². The average molecular weight is 349 g/mol. The molecule has 0 amide bonds. The molecule has 3 aromatic rings. The highest BCUT2D eigenvalue weighted by Gasteiger charge is 2.11. The van der Waals surface area contributed by atoms with Crippen LogP contribution < -0.4 is 0 Å². The van der Waals surface area contributed by atoms with Crippen LogP contribution in [0.1, 0.15) is 5.89 Å². The van der Waals surface area contributed by atoms with Gasteiger partial charge in [0.1, 0.15) is 0 Å². The Morgan fingerprint density at radius 2 is 1.79 bits per heavy atom. The van der Waals surface area contributed by atoms with Crippen molar-refractivity contribution in [2.45, 2.75) is 11.8 Å². The third-order valence-corrected chi connectivity index (χ3v) is 4.95. The molecule has 24 heavy (non-hydrogen) atoms. The molecule has 3 rings (SSSR count). The van der Waals surface area contributed by atoms with Gasteiger partial charge in [-0.15, -0.1) is 0 Å². The summed E-state index contributed by atoms with van der Waals surface area (Å²) in [5.74, 6) is -1.15. The van der Waals surface area contributed by atoms with Gasteiger partial charge in [0.25, 0.3) is 0 Å². The lowest BCUT2D eigenvalue weighted by atomic mass is 10.2. The first-order valence-electron chi connectivity index (χ1n) is 6.93. The molecule has 5 nitrogen and oxygen atoms in total. The number of aromatic nitrogens is 2. The Balaban J connectivity index is 1.94. The van der Waals surface area contributed by atoms with E-state index in [0.717, 1.165) is 17.7 Å². The molecule has 0 fully saturated rings. The number of nitrogens with zero attached hydrogens (tertiary/aromatic N) is 3. The molecule has 0 aliphatic carbocycles. The molecule has 0 saturated heterocycles. The fourth-order valence-corrected chi connectivity index (χ4v) is 3.33. The number of halogens is 2. The van der Waals surface area contributed by atoms with Crippen molar-refractivity contribution in [2.24, 2.45) is 4.36 Å². The molecule has 0 N–H and O–H groups in total. The zero-order valence-corrected chi connectivity index (χ0v) is 13.7. The summed E-state index contributed by atoms with van der Waals surface area (Å²) in [5, 5.41) is 3.81. The Morgan fingerprint density at radius 1 is 1.08 bits per heavy atom. The van der Waals surface area contributed by atoms with E-state index in [-0.39, 0.29) is 4.90 Å². The summed E-state index contributed by atoms with van der Waals surface area (Å²) >= 11 is 0. The van der Waals surface area contributed by atoms with Gasteiger partial charge in [0, 0.05) is 18.7 Å². The summed E-state index contributed by atoms with van der Waals surface area (Å²) in [6.45, 7) is 1.69. The molecule has 0 aliphatic heterocycles. The molecule has 0 bridgehead atoms. The second-order valence-corrected chi connectivity index (χ2v) is 7.41. The van der Waals surface area contributed by atoms with Gasteiger partial charge < -0.3 is 4.52 Å². The highest BCUT2D eigenvalue weighted by molar-refractivity contribution is 7.93. The minimum Gasteiger partial charge on any atom is -0.339 e. The smallest absolute Gasteiger partial charge is 0.223 e. The Morgan fingerprint density at radius 3 is 2.38 bits per heavy atom. The Labute approximate surface area is 137 Å². The van der Waals surface area contributed by atoms with Crippen LogP contribution in [0.3, 0.4) is 0 Å². The molecule has 0 aliphatic rings. The molecule has 1 atom stereocenters. The fourth-order valence-electron chi connectivity index (χ4n) is 2.05. The highest BCUT2D eigenvalue weighted by Crippen LogP contribution is 2.24. The van der Waals surface area contributed by atoms with Crippen LogP contribution in [0.4, 0.5) is 14.5 Å². The summed E-state index contributed by atoms with van der Waals surface area (Å²) < 4.78 is 48.1. The maximum Gasteiger partial charge on any atom is 0.223 e. The van der Waals surface area contributed by atoms with Crippen LogP contribution >= 0.6 is 0 Å². The molecule has 2 aromatic carbocycles. The summed E-state index contributed by atoms with van der Waals surface area (Å²) in [5.41, 5.74) is 1.16. The van der Waals surface area contributed by atoms with Crippen LogP contribution in [0.25, 0.3) is 11.4 Å². The number of aryl methyl sites for hydroxylation is 1. The second kappa shape index (κ2) is 6.12. The van der Waals surface area contributed by atoms with E-state index in [4.69, 9.17) is 4.52 Å². The molecule has 0 radical (unpaired) electrons. The van der Waals surface area contributed by atoms with Crippen molar-refractivity contribution in [3.8, 4) is 11.4 Å². The van der Waals surface area contributed by atoms with Crippen LogP contribution in [0.2, 0.25) is 0 Å². The molecule has 0 spiro atoms. The largest absolute Gasteiger partial charge is 0.339 e. The first-order chi connectivity index (χ1) is 11.3. The lowest BCUT2D eigenvalue weighted by Crippen LogP contribution is -1.98. The zero-order valence-electron chi connectivity index (χ0n) is 12.9. The van der Waals surface area contributed by atoms with Crippen molar-refractivity contribution in [2.75, 3.05) is 6.26 Å². The maximum absolute atomic E-state index is 13.3. The van der Waals surface area contributed by atoms with Crippen molar-refractivity contribution in [3.05, 3.63) is 60.0 Å². The van der Waals surface area contributed by atoms with E-state index in [9.17, 15) is 13.0 Å². The third-order valence-electron chi connectivity index (χ3n) is 3.26. The van der Waals surface area contributed by atoms with Gasteiger partial charge in [0.2, 0.25) is 11.7 Å². The highest BCUT2D eigenvalue weighted by atomic mass is 32.2. The maximum atomic E-state index is 13.3. The van der Waals surface area contributed by atoms with E-state index in [1.54, 1.807) is 31.2 Å². The van der Waals surface area contributed by atoms with E-state index in [0.29, 0.717) is 17.4 Å². The van der Waals surface area contributed by atoms with E-state index >= 15 is 0 Å². The van der Waals surface area contributed by atoms with Gasteiger partial charge in [0.05, 0.1) is 20.3 Å². The zero-order chi connectivity index (χ0) is 17.3. The second-order valence-electron chi connectivity index (χ2n) is 5.15. The fraction of sp³-hybridized carbons (Fsp3) is 0.125. The molecule has 124 valence electrons. The number of benzene rings is 2. The molecule has 0 saturated carbocycles. The Kier molecular flexibility index (Phi) is 4.15. The first kappa shape index (κ1) is 16.3. The monoisotopic (exact) mass is 349 g/mol. The topological polar surface area (TPSA) is 68.3 Å². The first-order valence-corrected chi connectivity index (χ1v) is 8.85. The molecule has 8 heteroatoms. The number of hydrogen-bond donors (Lipinski definition) is 0. The summed E-state index contributed by atoms with van der Waals surface area (Å²) in [4.78, 5) is 4.23. The molecule has 1 heterocycles. The van der Waals surface area contributed by atoms with Gasteiger partial charge in [-0.2, -0.15) is 9.35 Å². The van der Waals surface area contributed by atoms with Gasteiger partial charge >= 0.3 is 0 Å². The van der Waals surface area contributed by atoms with Crippen LogP contribution in [0.15, 0.2) is 56.2 Å². The van der Waals surface area contributed by atoms with E-state index in [1.165, 1.54) is 12.3 Å². The lowest BCUT2D eigenvalue weighted by molar-refractivity contribution is 0.394. The van der Waals surface area contributed by atoms with Gasteiger partial charge in [-0.05, 0) is 42.5 Å². The summed E-state index contributed by atoms with van der Waals surface area (Å²) in [6.07, 6.45) is 1.37. The lowest BCUT2D eigenvalue weighted by Gasteiger charge is -2.05. The van der Waals surface area contributed by atoms with Gasteiger partial charge in [-0.1, -0.05) is 5.16 Å². The Hall–Kier alpha value is -2.61. The minimum absolute atomic E-state index is 0.124. The van der Waals surface area contributed by atoms with Crippen molar-refractivity contribution in [1.82, 2.24) is 10.1 Å². The quantitative estimate of drug-likeness (QED) is 0.713. The standard InChI is InChI=1S/C16H13F2N3O2S/c1-10-19-16(20-23-10)11-3-5-12(6-4-11)21-24(2,22)13-7-8-14(17)15(18)9-13/h3-9H,1-2H3. The number of hydrogen-bond acceptors (Lipinski definition) is 5. The summed E-state index contributed by atoms with van der Waals surface area (Å²) in [7, 11) is -2.91. The minimum atomic E-state index is -2.91. The normalized spacial score (nSPS) is 13.5. The molecule has 1 unspecified atom stereocenters. The van der Waals surface area contributed by atoms with Crippen molar-refractivity contribution in [1.29, 1.82) is 0 Å². The van der Waals surface area contributed by atoms with E-state index in [2.05, 4.69) is 14.5 Å². The van der Waals surface area contributed by atoms with Crippen molar-refractivity contribution < 1.29 is 17.5 Å². The molecule has 1 aromatic heterocycles. The average Bonchev–Trinajstić information content (AvgIpc) is 2.97. The van der Waals surface area contributed by atoms with Crippen molar-refractivity contribution in [3.63, 3.8) is 0 Å². The van der Waals surface area contributed by atoms with Gasteiger partial charge in [0.15, 0.2) is 11.6 Å².